The number of nitrogens with two attached hydrogens (primary N) is 1. The second-order valence-corrected chi connectivity index (χ2v) is 4.21. The summed E-state index contributed by atoms with van der Waals surface area (Å²) >= 11 is 0. The van der Waals surface area contributed by atoms with Gasteiger partial charge in [-0.2, -0.15) is 0 Å². The van der Waals surface area contributed by atoms with Gasteiger partial charge in [-0.05, 0) is 37.1 Å². The summed E-state index contributed by atoms with van der Waals surface area (Å²) in [5.74, 6) is 0.316. The van der Waals surface area contributed by atoms with Crippen LogP contribution in [-0.2, 0) is 4.57 Å². The van der Waals surface area contributed by atoms with Crippen LogP contribution in [0.5, 0.6) is 5.75 Å². The third-order valence-corrected chi connectivity index (χ3v) is 2.19. The summed E-state index contributed by atoms with van der Waals surface area (Å²) in [6.07, 6.45) is 0. The molecule has 0 bridgehead atoms. The quantitative estimate of drug-likeness (QED) is 0.715. The predicted molar refractivity (Wildman–Crippen MR) is 50.6 cm³/mol. The second kappa shape index (κ2) is 3.50. The molecule has 1 atom stereocenters. The lowest BCUT2D eigenvalue weighted by Crippen LogP contribution is -2.00. The molecule has 3 N–H and O–H groups in total. The first kappa shape index (κ1) is 10.3. The Labute approximate surface area is 76.9 Å². The van der Waals surface area contributed by atoms with E-state index in [1.807, 2.05) is 13.8 Å². The number of benzene rings is 1. The molecule has 0 saturated carbocycles. The summed E-state index contributed by atoms with van der Waals surface area (Å²) in [6.45, 7) is 3.83. The van der Waals surface area contributed by atoms with Crippen molar-refractivity contribution in [3.8, 4) is 5.75 Å². The molecule has 0 fully saturated rings. The van der Waals surface area contributed by atoms with Crippen LogP contribution in [0.15, 0.2) is 18.2 Å². The first-order valence-corrected chi connectivity index (χ1v) is 5.41. The zero-order valence-electron chi connectivity index (χ0n) is 7.52. The topological polar surface area (TPSA) is 72.5 Å². The normalized spacial score (nSPS) is 15.1. The summed E-state index contributed by atoms with van der Waals surface area (Å²) in [4.78, 5) is 8.74. The largest absolute Gasteiger partial charge is 0.453 e. The molecule has 0 aliphatic rings. The van der Waals surface area contributed by atoms with Crippen LogP contribution in [0.25, 0.3) is 0 Å². The Kier molecular flexibility index (Phi) is 2.76. The van der Waals surface area contributed by atoms with Gasteiger partial charge in [-0.3, -0.25) is 0 Å². The Morgan fingerprint density at radius 1 is 1.38 bits per heavy atom. The molecule has 0 aliphatic carbocycles. The van der Waals surface area contributed by atoms with Crippen molar-refractivity contribution in [2.24, 2.45) is 5.50 Å². The van der Waals surface area contributed by atoms with Crippen molar-refractivity contribution < 1.29 is 14.0 Å². The van der Waals surface area contributed by atoms with Crippen LogP contribution >= 0.6 is 7.75 Å². The maximum atomic E-state index is 10.7. The summed E-state index contributed by atoms with van der Waals surface area (Å²) in [6, 6.07) is 5.09. The summed E-state index contributed by atoms with van der Waals surface area (Å²) in [7, 11) is -3.92. The molecule has 0 spiro atoms. The molecule has 0 aromatic heterocycles. The van der Waals surface area contributed by atoms with E-state index in [-0.39, 0.29) is 0 Å². The maximum absolute atomic E-state index is 10.7. The predicted octanol–water partition coefficient (Wildman–Crippen LogP) is 1.74. The Bertz CT molecular complexity index is 358. The molecule has 13 heavy (non-hydrogen) atoms. The molecule has 1 rings (SSSR count). The average Bonchev–Trinajstić information content (AvgIpc) is 1.94. The molecule has 1 aromatic carbocycles. The summed E-state index contributed by atoms with van der Waals surface area (Å²) in [5.41, 5.74) is 6.93. The van der Waals surface area contributed by atoms with Crippen molar-refractivity contribution in [1.29, 1.82) is 0 Å². The highest BCUT2D eigenvalue weighted by molar-refractivity contribution is 7.50. The molecule has 0 radical (unpaired) electrons. The third-order valence-electron chi connectivity index (χ3n) is 1.71. The van der Waals surface area contributed by atoms with Crippen LogP contribution < -0.4 is 10.0 Å². The van der Waals surface area contributed by atoms with Crippen molar-refractivity contribution in [2.75, 3.05) is 0 Å². The molecule has 1 unspecified atom stereocenters. The van der Waals surface area contributed by atoms with E-state index < -0.39 is 7.75 Å². The standard InChI is InChI=1S/C8H12NO3P/c1-6-3-4-8(5-7(6)2)12-13(9,10)11/h3-5H,1-2H3,(H3,9,10,11). The third kappa shape index (κ3) is 3.19. The van der Waals surface area contributed by atoms with Crippen molar-refractivity contribution in [3.63, 3.8) is 0 Å². The minimum atomic E-state index is -3.92. The van der Waals surface area contributed by atoms with Gasteiger partial charge in [-0.15, -0.1) is 0 Å². The Morgan fingerprint density at radius 2 is 2.00 bits per heavy atom. The van der Waals surface area contributed by atoms with E-state index in [2.05, 4.69) is 4.52 Å². The first-order valence-electron chi connectivity index (χ1n) is 3.77. The van der Waals surface area contributed by atoms with Gasteiger partial charge in [0.1, 0.15) is 5.75 Å². The second-order valence-electron chi connectivity index (χ2n) is 2.90. The van der Waals surface area contributed by atoms with Gasteiger partial charge in [-0.25, -0.2) is 10.1 Å². The Balaban J connectivity index is 2.92. The molecule has 1 aromatic rings. The van der Waals surface area contributed by atoms with E-state index in [0.29, 0.717) is 5.75 Å². The van der Waals surface area contributed by atoms with Crippen molar-refractivity contribution in [1.82, 2.24) is 0 Å². The zero-order valence-corrected chi connectivity index (χ0v) is 8.41. The van der Waals surface area contributed by atoms with Gasteiger partial charge in [0.15, 0.2) is 0 Å². The van der Waals surface area contributed by atoms with Crippen molar-refractivity contribution in [3.05, 3.63) is 29.3 Å². The van der Waals surface area contributed by atoms with E-state index in [0.717, 1.165) is 11.1 Å². The van der Waals surface area contributed by atoms with Crippen LogP contribution in [0.3, 0.4) is 0 Å². The van der Waals surface area contributed by atoms with Gasteiger partial charge in [0.25, 0.3) is 0 Å². The lowest BCUT2D eigenvalue weighted by molar-refractivity contribution is 0.381. The van der Waals surface area contributed by atoms with Gasteiger partial charge in [0, 0.05) is 0 Å². The molecule has 0 aliphatic heterocycles. The van der Waals surface area contributed by atoms with Gasteiger partial charge in [0.2, 0.25) is 0 Å². The highest BCUT2D eigenvalue weighted by Crippen LogP contribution is 2.34. The van der Waals surface area contributed by atoms with Crippen molar-refractivity contribution in [2.45, 2.75) is 13.8 Å². The zero-order chi connectivity index (χ0) is 10.1. The minimum Gasteiger partial charge on any atom is -0.413 e. The fraction of sp³-hybridized carbons (Fsp3) is 0.250. The van der Waals surface area contributed by atoms with Crippen LogP contribution in [0.4, 0.5) is 0 Å². The van der Waals surface area contributed by atoms with Crippen molar-refractivity contribution >= 4 is 7.75 Å². The van der Waals surface area contributed by atoms with Gasteiger partial charge < -0.3 is 9.42 Å². The molecule has 0 saturated heterocycles. The van der Waals surface area contributed by atoms with E-state index in [9.17, 15) is 4.57 Å². The van der Waals surface area contributed by atoms with Gasteiger partial charge in [-0.1, -0.05) is 6.07 Å². The summed E-state index contributed by atoms with van der Waals surface area (Å²) in [5, 5.41) is 0. The minimum absolute atomic E-state index is 0.316. The number of hydrogen-bond donors (Lipinski definition) is 2. The fourth-order valence-corrected chi connectivity index (χ4v) is 1.34. The monoisotopic (exact) mass is 201 g/mol. The number of rotatable bonds is 2. The highest BCUT2D eigenvalue weighted by atomic mass is 31.2. The SMILES string of the molecule is Cc1ccc(OP(N)(=O)O)cc1C. The Hall–Kier alpha value is -0.830. The van der Waals surface area contributed by atoms with Crippen LogP contribution in [0, 0.1) is 13.8 Å². The molecule has 0 amide bonds. The fourth-order valence-electron chi connectivity index (χ4n) is 0.922. The summed E-state index contributed by atoms with van der Waals surface area (Å²) < 4.78 is 15.3. The average molecular weight is 201 g/mol. The molecule has 72 valence electrons. The van der Waals surface area contributed by atoms with Crippen LogP contribution in [0.2, 0.25) is 0 Å². The molecule has 4 nitrogen and oxygen atoms in total. The van der Waals surface area contributed by atoms with E-state index in [1.165, 1.54) is 0 Å². The molecule has 0 heterocycles. The number of hydrogen-bond acceptors (Lipinski definition) is 2. The van der Waals surface area contributed by atoms with Crippen LogP contribution in [-0.4, -0.2) is 4.89 Å². The van der Waals surface area contributed by atoms with E-state index >= 15 is 0 Å². The lowest BCUT2D eigenvalue weighted by Gasteiger charge is -2.09. The van der Waals surface area contributed by atoms with Crippen LogP contribution in [0.1, 0.15) is 11.1 Å². The number of aryl methyl sites for hydroxylation is 2. The Morgan fingerprint density at radius 3 is 2.46 bits per heavy atom. The lowest BCUT2D eigenvalue weighted by atomic mass is 10.1. The molecular formula is C8H12NO3P. The maximum Gasteiger partial charge on any atom is 0.453 e. The first-order chi connectivity index (χ1) is 5.88. The van der Waals surface area contributed by atoms with Gasteiger partial charge >= 0.3 is 7.75 Å². The van der Waals surface area contributed by atoms with E-state index in [1.54, 1.807) is 18.2 Å². The molecular weight excluding hydrogens is 189 g/mol. The van der Waals surface area contributed by atoms with Gasteiger partial charge in [0.05, 0.1) is 0 Å². The smallest absolute Gasteiger partial charge is 0.413 e. The van der Waals surface area contributed by atoms with E-state index in [4.69, 9.17) is 10.4 Å². The molecule has 5 heteroatoms. The highest BCUT2D eigenvalue weighted by Gasteiger charge is 2.12.